The third kappa shape index (κ3) is 3.23. The number of fused-ring (bicyclic) bond motifs is 3. The number of aromatic nitrogens is 1. The van der Waals surface area contributed by atoms with Crippen molar-refractivity contribution >= 4 is 27.7 Å². The zero-order valence-electron chi connectivity index (χ0n) is 15.5. The van der Waals surface area contributed by atoms with E-state index in [2.05, 4.69) is 23.6 Å². The average molecular weight is 359 g/mol. The van der Waals surface area contributed by atoms with Crippen LogP contribution in [0.15, 0.2) is 53.1 Å². The lowest BCUT2D eigenvalue weighted by Gasteiger charge is -2.07. The van der Waals surface area contributed by atoms with Crippen molar-refractivity contribution in [2.24, 2.45) is 5.73 Å². The number of hydrogen-bond acceptors (Lipinski definition) is 2. The minimum absolute atomic E-state index is 0.418. The van der Waals surface area contributed by atoms with Crippen LogP contribution in [-0.4, -0.2) is 10.5 Å². The van der Waals surface area contributed by atoms with Crippen molar-refractivity contribution in [2.75, 3.05) is 0 Å². The Bertz CT molecular complexity index is 1090. The Kier molecular flexibility index (Phi) is 4.71. The van der Waals surface area contributed by atoms with Gasteiger partial charge in [0.15, 0.2) is 0 Å². The number of aryl methyl sites for hydroxylation is 1. The third-order valence-corrected chi connectivity index (χ3v) is 5.08. The van der Waals surface area contributed by atoms with Gasteiger partial charge in [-0.2, -0.15) is 0 Å². The number of carbonyl (C=O) groups is 1. The Morgan fingerprint density at radius 2 is 2.07 bits per heavy atom. The van der Waals surface area contributed by atoms with Crippen LogP contribution in [0.2, 0.25) is 0 Å². The molecule has 0 fully saturated rings. The number of furan rings is 1. The molecule has 4 nitrogen and oxygen atoms in total. The van der Waals surface area contributed by atoms with Gasteiger partial charge in [0.2, 0.25) is 5.91 Å². The largest absolute Gasteiger partial charge is 0.467 e. The molecule has 0 aliphatic carbocycles. The summed E-state index contributed by atoms with van der Waals surface area (Å²) in [6, 6.07) is 17.2. The van der Waals surface area contributed by atoms with Crippen molar-refractivity contribution in [1.29, 1.82) is 0 Å². The van der Waals surface area contributed by atoms with Gasteiger partial charge in [-0.05, 0) is 54.8 Å². The van der Waals surface area contributed by atoms with Crippen LogP contribution < -0.4 is 5.73 Å². The van der Waals surface area contributed by atoms with Crippen LogP contribution in [0.3, 0.4) is 0 Å². The van der Waals surface area contributed by atoms with Crippen molar-refractivity contribution in [3.05, 3.63) is 71.7 Å². The first-order chi connectivity index (χ1) is 13.2. The van der Waals surface area contributed by atoms with Gasteiger partial charge >= 0.3 is 0 Å². The quantitative estimate of drug-likeness (QED) is 0.468. The van der Waals surface area contributed by atoms with E-state index in [9.17, 15) is 4.79 Å². The van der Waals surface area contributed by atoms with E-state index >= 15 is 0 Å². The number of unbranched alkanes of at least 4 members (excludes halogenated alkanes) is 2. The number of primary amides is 1. The number of nitrogens with zero attached hydrogens (tertiary/aromatic N) is 1. The van der Waals surface area contributed by atoms with Gasteiger partial charge in [0, 0.05) is 16.3 Å². The second-order valence-corrected chi connectivity index (χ2v) is 6.95. The van der Waals surface area contributed by atoms with Gasteiger partial charge in [-0.1, -0.05) is 31.9 Å². The first kappa shape index (κ1) is 17.4. The molecule has 4 heteroatoms. The summed E-state index contributed by atoms with van der Waals surface area (Å²) in [5.74, 6) is 0.452. The normalized spacial score (nSPS) is 11.4. The monoisotopic (exact) mass is 359 g/mol. The van der Waals surface area contributed by atoms with E-state index < -0.39 is 5.91 Å². The fourth-order valence-electron chi connectivity index (χ4n) is 3.76. The molecular weight excluding hydrogens is 336 g/mol. The molecule has 0 aliphatic heterocycles. The maximum absolute atomic E-state index is 12.0. The highest BCUT2D eigenvalue weighted by atomic mass is 16.3. The number of nitrogens with two attached hydrogens (primary N) is 1. The van der Waals surface area contributed by atoms with Crippen molar-refractivity contribution in [3.8, 4) is 0 Å². The molecule has 0 saturated carbocycles. The number of carbonyl (C=O) groups excluding carboxylic acids is 1. The smallest absolute Gasteiger partial charge is 0.249 e. The average Bonchev–Trinajstić information content (AvgIpc) is 3.29. The Balaban J connectivity index is 1.92. The molecule has 137 valence electrons. The molecule has 4 aromatic rings. The molecule has 0 aliphatic rings. The Morgan fingerprint density at radius 3 is 2.81 bits per heavy atom. The van der Waals surface area contributed by atoms with Crippen molar-refractivity contribution in [2.45, 2.75) is 39.2 Å². The molecule has 4 rings (SSSR count). The minimum Gasteiger partial charge on any atom is -0.467 e. The van der Waals surface area contributed by atoms with Gasteiger partial charge in [-0.25, -0.2) is 0 Å². The molecule has 2 aromatic heterocycles. The second-order valence-electron chi connectivity index (χ2n) is 6.95. The van der Waals surface area contributed by atoms with E-state index in [1.54, 1.807) is 12.3 Å². The van der Waals surface area contributed by atoms with Crippen LogP contribution in [0.25, 0.3) is 21.8 Å². The van der Waals surface area contributed by atoms with Gasteiger partial charge in [-0.15, -0.1) is 0 Å². The maximum Gasteiger partial charge on any atom is 0.249 e. The van der Waals surface area contributed by atoms with Crippen LogP contribution in [0.1, 0.15) is 47.9 Å². The zero-order chi connectivity index (χ0) is 18.8. The Labute approximate surface area is 158 Å². The number of amides is 1. The number of benzene rings is 2. The molecule has 1 amide bonds. The van der Waals surface area contributed by atoms with E-state index in [-0.39, 0.29) is 0 Å². The molecule has 2 N–H and O–H groups in total. The SMILES string of the molecule is CCCCCc1c[c]c2c3c(C(N)=O)cccc3n(Cc3ccco3)c2c1. The molecule has 2 aromatic carbocycles. The van der Waals surface area contributed by atoms with Crippen molar-refractivity contribution in [3.63, 3.8) is 0 Å². The number of hydrogen-bond donors (Lipinski definition) is 1. The van der Waals surface area contributed by atoms with Gasteiger partial charge < -0.3 is 14.7 Å². The predicted octanol–water partition coefficient (Wildman–Crippen LogP) is 5.07. The minimum atomic E-state index is -0.418. The second kappa shape index (κ2) is 7.31. The molecule has 0 spiro atoms. The molecule has 1 radical (unpaired) electrons. The Morgan fingerprint density at radius 1 is 1.19 bits per heavy atom. The highest BCUT2D eigenvalue weighted by Crippen LogP contribution is 2.33. The van der Waals surface area contributed by atoms with E-state index in [1.165, 1.54) is 24.8 Å². The topological polar surface area (TPSA) is 61.2 Å². The molecule has 2 heterocycles. The molecular formula is C23H23N2O2. The summed E-state index contributed by atoms with van der Waals surface area (Å²) < 4.78 is 7.76. The molecule has 0 unspecified atom stereocenters. The lowest BCUT2D eigenvalue weighted by Crippen LogP contribution is -2.11. The van der Waals surface area contributed by atoms with Crippen LogP contribution in [0, 0.1) is 6.07 Å². The fourth-order valence-corrected chi connectivity index (χ4v) is 3.76. The zero-order valence-corrected chi connectivity index (χ0v) is 15.5. The summed E-state index contributed by atoms with van der Waals surface area (Å²) in [6.45, 7) is 2.81. The van der Waals surface area contributed by atoms with Gasteiger partial charge in [0.1, 0.15) is 5.76 Å². The van der Waals surface area contributed by atoms with Crippen LogP contribution in [-0.2, 0) is 13.0 Å². The lowest BCUT2D eigenvalue weighted by molar-refractivity contribution is 0.100. The van der Waals surface area contributed by atoms with Crippen molar-refractivity contribution in [1.82, 2.24) is 4.57 Å². The third-order valence-electron chi connectivity index (χ3n) is 5.08. The van der Waals surface area contributed by atoms with E-state index in [0.29, 0.717) is 12.1 Å². The summed E-state index contributed by atoms with van der Waals surface area (Å²) in [4.78, 5) is 12.0. The van der Waals surface area contributed by atoms with Crippen molar-refractivity contribution < 1.29 is 9.21 Å². The first-order valence-electron chi connectivity index (χ1n) is 9.46. The van der Waals surface area contributed by atoms with E-state index in [0.717, 1.165) is 34.0 Å². The predicted molar refractivity (Wildman–Crippen MR) is 108 cm³/mol. The lowest BCUT2D eigenvalue weighted by atomic mass is 10.0. The molecule has 0 saturated heterocycles. The molecule has 0 atom stereocenters. The summed E-state index contributed by atoms with van der Waals surface area (Å²) in [6.07, 6.45) is 6.30. The first-order valence-corrected chi connectivity index (χ1v) is 9.46. The highest BCUT2D eigenvalue weighted by Gasteiger charge is 2.17. The fraction of sp³-hybridized carbons (Fsp3) is 0.261. The summed E-state index contributed by atoms with van der Waals surface area (Å²) >= 11 is 0. The van der Waals surface area contributed by atoms with Crippen LogP contribution in [0.4, 0.5) is 0 Å². The van der Waals surface area contributed by atoms with Gasteiger partial charge in [0.25, 0.3) is 0 Å². The maximum atomic E-state index is 12.0. The summed E-state index contributed by atoms with van der Waals surface area (Å²) in [5.41, 5.74) is 9.47. The van der Waals surface area contributed by atoms with Gasteiger partial charge in [-0.3, -0.25) is 4.79 Å². The Hall–Kier alpha value is -3.01. The van der Waals surface area contributed by atoms with Crippen LogP contribution in [0.5, 0.6) is 0 Å². The molecule has 0 bridgehead atoms. The molecule has 27 heavy (non-hydrogen) atoms. The number of rotatable bonds is 7. The van der Waals surface area contributed by atoms with E-state index in [1.807, 2.05) is 30.3 Å². The standard InChI is InChI=1S/C23H23N2O2/c1-2-3-4-7-16-11-12-18-21(14-16)25(15-17-8-6-13-27-17)20-10-5-9-19(22(18)20)23(24)26/h5-6,8-11,13-14H,2-4,7,15H2,1H3,(H2,24,26). The highest BCUT2D eigenvalue weighted by molar-refractivity contribution is 6.17. The van der Waals surface area contributed by atoms with Crippen LogP contribution >= 0.6 is 0 Å². The van der Waals surface area contributed by atoms with Gasteiger partial charge in [0.05, 0.1) is 23.8 Å². The summed E-state index contributed by atoms with van der Waals surface area (Å²) in [5, 5.41) is 1.80. The van der Waals surface area contributed by atoms with E-state index in [4.69, 9.17) is 10.2 Å². The summed E-state index contributed by atoms with van der Waals surface area (Å²) in [7, 11) is 0.